The van der Waals surface area contributed by atoms with Crippen LogP contribution in [0.15, 0.2) is 30.6 Å². The van der Waals surface area contributed by atoms with Gasteiger partial charge in [0.2, 0.25) is 5.95 Å². The van der Waals surface area contributed by atoms with Crippen molar-refractivity contribution in [3.05, 3.63) is 36.2 Å². The summed E-state index contributed by atoms with van der Waals surface area (Å²) in [6.07, 6.45) is 9.77. The Bertz CT molecular complexity index is 965. The summed E-state index contributed by atoms with van der Waals surface area (Å²) in [6.45, 7) is 7.94. The van der Waals surface area contributed by atoms with Gasteiger partial charge >= 0.3 is 5.97 Å². The van der Waals surface area contributed by atoms with Crippen molar-refractivity contribution in [2.45, 2.75) is 45.6 Å². The molecule has 0 unspecified atom stereocenters. The Kier molecular flexibility index (Phi) is 7.72. The lowest BCUT2D eigenvalue weighted by Crippen LogP contribution is -2.43. The number of allylic oxidation sites excluding steroid dienone is 1. The van der Waals surface area contributed by atoms with Crippen molar-refractivity contribution in [2.75, 3.05) is 48.3 Å². The number of carbonyl (C=O) groups is 1. The van der Waals surface area contributed by atoms with Crippen LogP contribution in [0.2, 0.25) is 0 Å². The van der Waals surface area contributed by atoms with Gasteiger partial charge in [-0.3, -0.25) is 0 Å². The van der Waals surface area contributed by atoms with Gasteiger partial charge in [-0.05, 0) is 44.4 Å². The van der Waals surface area contributed by atoms with Crippen LogP contribution in [0.1, 0.15) is 45.1 Å². The number of hydrogen-bond donors (Lipinski definition) is 3. The molecule has 1 aliphatic heterocycles. The van der Waals surface area contributed by atoms with Crippen molar-refractivity contribution >= 4 is 34.8 Å². The molecule has 33 heavy (non-hydrogen) atoms. The summed E-state index contributed by atoms with van der Waals surface area (Å²) in [4.78, 5) is 28.0. The Morgan fingerprint density at radius 3 is 2.70 bits per heavy atom. The fraction of sp³-hybridized carbons (Fsp3) is 0.500. The van der Waals surface area contributed by atoms with Gasteiger partial charge in [-0.1, -0.05) is 12.8 Å². The van der Waals surface area contributed by atoms with Crippen molar-refractivity contribution in [3.63, 3.8) is 0 Å². The van der Waals surface area contributed by atoms with Crippen LogP contribution in [0.5, 0.6) is 0 Å². The van der Waals surface area contributed by atoms with E-state index in [9.17, 15) is 4.79 Å². The number of nitrogens with one attached hydrogen (secondary N) is 3. The molecule has 3 heterocycles. The number of rotatable bonds is 8. The number of piperazine rings is 1. The van der Waals surface area contributed by atoms with Crippen LogP contribution in [-0.4, -0.2) is 59.7 Å². The monoisotopic (exact) mass is 451 g/mol. The number of aromatic nitrogens is 3. The van der Waals surface area contributed by atoms with Crippen LogP contribution in [0, 0.1) is 0 Å². The van der Waals surface area contributed by atoms with Gasteiger partial charge in [0.1, 0.15) is 11.6 Å². The van der Waals surface area contributed by atoms with E-state index in [1.807, 2.05) is 19.2 Å². The quantitative estimate of drug-likeness (QED) is 0.412. The SMILES string of the molecule is CCOC(=O)/C=C(/C)c1cnc(Nc2ccc(N3CCNCC3)cn2)nc1NC1CCCC1. The van der Waals surface area contributed by atoms with Crippen LogP contribution in [0.25, 0.3) is 5.57 Å². The normalized spacial score (nSPS) is 17.2. The largest absolute Gasteiger partial charge is 0.463 e. The Balaban J connectivity index is 1.52. The van der Waals surface area contributed by atoms with Crippen molar-refractivity contribution < 1.29 is 9.53 Å². The lowest BCUT2D eigenvalue weighted by atomic mass is 10.1. The molecule has 0 atom stereocenters. The van der Waals surface area contributed by atoms with Crippen molar-refractivity contribution in [2.24, 2.45) is 0 Å². The van der Waals surface area contributed by atoms with Gasteiger partial charge in [0.25, 0.3) is 0 Å². The van der Waals surface area contributed by atoms with E-state index in [4.69, 9.17) is 9.72 Å². The van der Waals surface area contributed by atoms with Gasteiger partial charge < -0.3 is 25.6 Å². The summed E-state index contributed by atoms with van der Waals surface area (Å²) >= 11 is 0. The Hall–Kier alpha value is -3.20. The smallest absolute Gasteiger partial charge is 0.331 e. The Morgan fingerprint density at radius 1 is 1.21 bits per heavy atom. The fourth-order valence-electron chi connectivity index (χ4n) is 4.23. The van der Waals surface area contributed by atoms with Crippen LogP contribution in [0.3, 0.4) is 0 Å². The lowest BCUT2D eigenvalue weighted by Gasteiger charge is -2.29. The number of carbonyl (C=O) groups excluding carboxylic acids is 1. The molecule has 1 saturated carbocycles. The molecule has 3 N–H and O–H groups in total. The molecule has 2 fully saturated rings. The van der Waals surface area contributed by atoms with E-state index in [2.05, 4.69) is 36.9 Å². The second kappa shape index (κ2) is 11.1. The third-order valence-corrected chi connectivity index (χ3v) is 6.00. The molecule has 176 valence electrons. The van der Waals surface area contributed by atoms with E-state index >= 15 is 0 Å². The van der Waals surface area contributed by atoms with Crippen LogP contribution in [0.4, 0.5) is 23.3 Å². The molecule has 1 aliphatic carbocycles. The maximum Gasteiger partial charge on any atom is 0.331 e. The van der Waals surface area contributed by atoms with E-state index < -0.39 is 0 Å². The molecule has 9 nitrogen and oxygen atoms in total. The predicted molar refractivity (Wildman–Crippen MR) is 131 cm³/mol. The van der Waals surface area contributed by atoms with Gasteiger partial charge in [-0.2, -0.15) is 4.98 Å². The number of anilines is 4. The summed E-state index contributed by atoms with van der Waals surface area (Å²) in [7, 11) is 0. The predicted octanol–water partition coefficient (Wildman–Crippen LogP) is 3.35. The molecule has 1 saturated heterocycles. The standard InChI is InChI=1S/C24H33N7O2/c1-3-33-22(32)14-17(2)20-16-27-24(30-23(20)28-18-6-4-5-7-18)29-21-9-8-19(15-26-21)31-12-10-25-11-13-31/h8-9,14-16,18,25H,3-7,10-13H2,1-2H3,(H2,26,27,28,29,30)/b17-14-. The summed E-state index contributed by atoms with van der Waals surface area (Å²) in [6, 6.07) is 4.39. The number of hydrogen-bond acceptors (Lipinski definition) is 9. The zero-order chi connectivity index (χ0) is 23.0. The number of pyridine rings is 1. The first-order chi connectivity index (χ1) is 16.1. The van der Waals surface area contributed by atoms with Gasteiger partial charge in [-0.15, -0.1) is 0 Å². The highest BCUT2D eigenvalue weighted by molar-refractivity contribution is 5.92. The van der Waals surface area contributed by atoms with Crippen LogP contribution < -0.4 is 20.9 Å². The third kappa shape index (κ3) is 6.19. The van der Waals surface area contributed by atoms with Gasteiger partial charge in [-0.25, -0.2) is 14.8 Å². The molecule has 9 heteroatoms. The lowest BCUT2D eigenvalue weighted by molar-refractivity contribution is -0.137. The molecule has 0 bridgehead atoms. The second-order valence-electron chi connectivity index (χ2n) is 8.42. The van der Waals surface area contributed by atoms with E-state index in [0.29, 0.717) is 24.4 Å². The first-order valence-electron chi connectivity index (χ1n) is 11.8. The first kappa shape index (κ1) is 23.0. The highest BCUT2D eigenvalue weighted by Crippen LogP contribution is 2.28. The van der Waals surface area contributed by atoms with Gasteiger partial charge in [0, 0.05) is 50.1 Å². The minimum Gasteiger partial charge on any atom is -0.463 e. The van der Waals surface area contributed by atoms with Crippen molar-refractivity contribution in [1.29, 1.82) is 0 Å². The molecular weight excluding hydrogens is 418 g/mol. The first-order valence-corrected chi connectivity index (χ1v) is 11.8. The Morgan fingerprint density at radius 2 is 2.00 bits per heavy atom. The van der Waals surface area contributed by atoms with Gasteiger partial charge in [0.15, 0.2) is 0 Å². The maximum atomic E-state index is 11.9. The Labute approximate surface area is 195 Å². The molecule has 2 aromatic heterocycles. The summed E-state index contributed by atoms with van der Waals surface area (Å²) in [5, 5.41) is 10.1. The van der Waals surface area contributed by atoms with Crippen LogP contribution in [-0.2, 0) is 9.53 Å². The zero-order valence-electron chi connectivity index (χ0n) is 19.4. The number of nitrogens with zero attached hydrogens (tertiary/aromatic N) is 4. The number of esters is 1. The minimum absolute atomic E-state index is 0.343. The molecular formula is C24H33N7O2. The molecule has 2 aliphatic rings. The molecule has 0 amide bonds. The van der Waals surface area contributed by atoms with Crippen molar-refractivity contribution in [1.82, 2.24) is 20.3 Å². The number of ether oxygens (including phenoxy) is 1. The van der Waals surface area contributed by atoms with Crippen LogP contribution >= 0.6 is 0 Å². The highest BCUT2D eigenvalue weighted by atomic mass is 16.5. The molecule has 0 radical (unpaired) electrons. The fourth-order valence-corrected chi connectivity index (χ4v) is 4.23. The van der Waals surface area contributed by atoms with E-state index in [-0.39, 0.29) is 5.97 Å². The average molecular weight is 452 g/mol. The van der Waals surface area contributed by atoms with E-state index in [0.717, 1.165) is 61.7 Å². The summed E-state index contributed by atoms with van der Waals surface area (Å²) in [5.74, 6) is 1.51. The van der Waals surface area contributed by atoms with E-state index in [1.165, 1.54) is 18.9 Å². The summed E-state index contributed by atoms with van der Waals surface area (Å²) < 4.78 is 5.06. The maximum absolute atomic E-state index is 11.9. The zero-order valence-corrected chi connectivity index (χ0v) is 19.4. The average Bonchev–Trinajstić information content (AvgIpc) is 3.33. The van der Waals surface area contributed by atoms with Crippen molar-refractivity contribution in [3.8, 4) is 0 Å². The second-order valence-corrected chi connectivity index (χ2v) is 8.42. The molecule has 0 spiro atoms. The molecule has 0 aromatic carbocycles. The molecule has 2 aromatic rings. The minimum atomic E-state index is -0.363. The summed E-state index contributed by atoms with van der Waals surface area (Å²) in [5.41, 5.74) is 2.67. The third-order valence-electron chi connectivity index (χ3n) is 6.00. The van der Waals surface area contributed by atoms with Gasteiger partial charge in [0.05, 0.1) is 18.5 Å². The molecule has 4 rings (SSSR count). The highest BCUT2D eigenvalue weighted by Gasteiger charge is 2.19. The topological polar surface area (TPSA) is 104 Å². The van der Waals surface area contributed by atoms with E-state index in [1.54, 1.807) is 13.1 Å².